The second-order valence-electron chi connectivity index (χ2n) is 6.52. The van der Waals surface area contributed by atoms with E-state index in [0.717, 1.165) is 11.1 Å². The van der Waals surface area contributed by atoms with Gasteiger partial charge in [0.15, 0.2) is 0 Å². The molecular formula is C21H19FN4O2. The van der Waals surface area contributed by atoms with Gasteiger partial charge in [0.1, 0.15) is 11.9 Å². The van der Waals surface area contributed by atoms with Gasteiger partial charge in [-0.1, -0.05) is 42.5 Å². The molecule has 1 fully saturated rings. The molecule has 1 aromatic heterocycles. The van der Waals surface area contributed by atoms with E-state index in [-0.39, 0.29) is 23.8 Å². The number of nitrogens with zero attached hydrogens (tertiary/aromatic N) is 3. The van der Waals surface area contributed by atoms with Crippen LogP contribution in [0.5, 0.6) is 0 Å². The molecule has 0 radical (unpaired) electrons. The number of hydrogen-bond acceptors (Lipinski definition) is 5. The van der Waals surface area contributed by atoms with Crippen LogP contribution in [-0.4, -0.2) is 40.5 Å². The van der Waals surface area contributed by atoms with Crippen molar-refractivity contribution in [2.24, 2.45) is 0 Å². The van der Waals surface area contributed by atoms with Crippen molar-refractivity contribution in [3.05, 3.63) is 77.7 Å². The number of halogens is 1. The molecule has 2 aromatic carbocycles. The Bertz CT molecular complexity index is 979. The predicted octanol–water partition coefficient (Wildman–Crippen LogP) is 3.08. The molecule has 1 amide bonds. The van der Waals surface area contributed by atoms with Crippen LogP contribution in [0.4, 0.5) is 10.3 Å². The van der Waals surface area contributed by atoms with Crippen LogP contribution in [0.15, 0.2) is 60.8 Å². The third-order valence-electron chi connectivity index (χ3n) is 4.68. The van der Waals surface area contributed by atoms with Crippen molar-refractivity contribution in [2.75, 3.05) is 25.4 Å². The summed E-state index contributed by atoms with van der Waals surface area (Å²) in [5.74, 6) is -0.380. The first-order valence-electron chi connectivity index (χ1n) is 8.96. The van der Waals surface area contributed by atoms with Gasteiger partial charge in [-0.05, 0) is 17.7 Å². The highest BCUT2D eigenvalue weighted by atomic mass is 19.1. The van der Waals surface area contributed by atoms with E-state index < -0.39 is 0 Å². The minimum atomic E-state index is -0.312. The van der Waals surface area contributed by atoms with Gasteiger partial charge in [-0.3, -0.25) is 4.79 Å². The quantitative estimate of drug-likeness (QED) is 0.757. The molecule has 1 aliphatic rings. The van der Waals surface area contributed by atoms with Crippen molar-refractivity contribution in [3.63, 3.8) is 0 Å². The van der Waals surface area contributed by atoms with Crippen LogP contribution in [0, 0.1) is 5.82 Å². The molecule has 4 rings (SSSR count). The Morgan fingerprint density at radius 1 is 1.14 bits per heavy atom. The Labute approximate surface area is 161 Å². The number of aromatic nitrogens is 2. The zero-order chi connectivity index (χ0) is 19.5. The van der Waals surface area contributed by atoms with Crippen LogP contribution in [0.3, 0.4) is 0 Å². The van der Waals surface area contributed by atoms with Crippen molar-refractivity contribution in [1.29, 1.82) is 0 Å². The summed E-state index contributed by atoms with van der Waals surface area (Å²) < 4.78 is 19.0. The maximum absolute atomic E-state index is 13.2. The minimum Gasteiger partial charge on any atom is -0.370 e. The van der Waals surface area contributed by atoms with Crippen molar-refractivity contribution in [3.8, 4) is 11.3 Å². The van der Waals surface area contributed by atoms with Crippen molar-refractivity contribution in [2.45, 2.75) is 6.10 Å². The molecule has 1 aliphatic heterocycles. The van der Waals surface area contributed by atoms with Gasteiger partial charge in [-0.25, -0.2) is 14.4 Å². The van der Waals surface area contributed by atoms with Gasteiger partial charge in [-0.15, -0.1) is 0 Å². The zero-order valence-electron chi connectivity index (χ0n) is 15.1. The number of rotatable bonds is 3. The number of nitrogens with two attached hydrogens (primary N) is 1. The number of morpholine rings is 1. The van der Waals surface area contributed by atoms with Crippen LogP contribution in [0.2, 0.25) is 0 Å². The van der Waals surface area contributed by atoms with Gasteiger partial charge in [0.2, 0.25) is 5.95 Å². The third-order valence-corrected chi connectivity index (χ3v) is 4.68. The van der Waals surface area contributed by atoms with E-state index in [4.69, 9.17) is 10.5 Å². The molecule has 6 nitrogen and oxygen atoms in total. The molecule has 2 heterocycles. The number of amides is 1. The van der Waals surface area contributed by atoms with Gasteiger partial charge < -0.3 is 15.4 Å². The lowest BCUT2D eigenvalue weighted by molar-refractivity contribution is -0.0228. The fourth-order valence-electron chi connectivity index (χ4n) is 3.25. The van der Waals surface area contributed by atoms with E-state index in [0.29, 0.717) is 31.0 Å². The highest BCUT2D eigenvalue weighted by molar-refractivity contribution is 5.99. The van der Waals surface area contributed by atoms with Gasteiger partial charge in [-0.2, -0.15) is 0 Å². The smallest absolute Gasteiger partial charge is 0.257 e. The average Bonchev–Trinajstić information content (AvgIpc) is 2.74. The largest absolute Gasteiger partial charge is 0.370 e. The first-order valence-corrected chi connectivity index (χ1v) is 8.96. The summed E-state index contributed by atoms with van der Waals surface area (Å²) in [6.07, 6.45) is 1.16. The monoisotopic (exact) mass is 378 g/mol. The average molecular weight is 378 g/mol. The first-order chi connectivity index (χ1) is 13.6. The van der Waals surface area contributed by atoms with Gasteiger partial charge >= 0.3 is 0 Å². The van der Waals surface area contributed by atoms with Crippen LogP contribution in [0.1, 0.15) is 22.0 Å². The number of anilines is 1. The molecule has 1 saturated heterocycles. The van der Waals surface area contributed by atoms with Gasteiger partial charge in [0.05, 0.1) is 24.4 Å². The Morgan fingerprint density at radius 2 is 1.89 bits per heavy atom. The number of hydrogen-bond donors (Lipinski definition) is 1. The van der Waals surface area contributed by atoms with Crippen LogP contribution in [-0.2, 0) is 4.74 Å². The highest BCUT2D eigenvalue weighted by Gasteiger charge is 2.28. The SMILES string of the molecule is Nc1ncc(C(=O)N2CCO[C@H](c3ccc(F)cc3)C2)c(-c2ccccc2)n1. The van der Waals surface area contributed by atoms with E-state index in [1.807, 2.05) is 30.3 Å². The summed E-state index contributed by atoms with van der Waals surface area (Å²) in [5.41, 5.74) is 8.27. The predicted molar refractivity (Wildman–Crippen MR) is 103 cm³/mol. The molecule has 0 saturated carbocycles. The van der Waals surface area contributed by atoms with E-state index in [1.165, 1.54) is 18.3 Å². The van der Waals surface area contributed by atoms with Gasteiger partial charge in [0.25, 0.3) is 5.91 Å². The summed E-state index contributed by atoms with van der Waals surface area (Å²) in [5, 5.41) is 0. The summed E-state index contributed by atoms with van der Waals surface area (Å²) in [4.78, 5) is 23.2. The highest BCUT2D eigenvalue weighted by Crippen LogP contribution is 2.27. The molecule has 28 heavy (non-hydrogen) atoms. The second kappa shape index (κ2) is 7.74. The minimum absolute atomic E-state index is 0.113. The molecule has 0 unspecified atom stereocenters. The van der Waals surface area contributed by atoms with Crippen molar-refractivity contribution < 1.29 is 13.9 Å². The number of nitrogen functional groups attached to an aromatic ring is 1. The molecule has 2 N–H and O–H groups in total. The molecule has 0 spiro atoms. The Morgan fingerprint density at radius 3 is 2.64 bits per heavy atom. The van der Waals surface area contributed by atoms with E-state index >= 15 is 0 Å². The number of carbonyl (C=O) groups excluding carboxylic acids is 1. The standard InChI is InChI=1S/C21H19FN4O2/c22-16-8-6-14(7-9-16)18-13-26(10-11-28-18)20(27)17-12-24-21(23)25-19(17)15-4-2-1-3-5-15/h1-9,12,18H,10-11,13H2,(H2,23,24,25)/t18-/m0/s1. The summed E-state index contributed by atoms with van der Waals surface area (Å²) in [6, 6.07) is 15.5. The summed E-state index contributed by atoms with van der Waals surface area (Å²) in [7, 11) is 0. The lowest BCUT2D eigenvalue weighted by Crippen LogP contribution is -2.42. The second-order valence-corrected chi connectivity index (χ2v) is 6.52. The molecule has 3 aromatic rings. The lowest BCUT2D eigenvalue weighted by atomic mass is 10.0. The molecule has 142 valence electrons. The van der Waals surface area contributed by atoms with E-state index in [2.05, 4.69) is 9.97 Å². The normalized spacial score (nSPS) is 16.8. The summed E-state index contributed by atoms with van der Waals surface area (Å²) in [6.45, 7) is 1.21. The number of benzene rings is 2. The topological polar surface area (TPSA) is 81.3 Å². The van der Waals surface area contributed by atoms with E-state index in [9.17, 15) is 9.18 Å². The Balaban J connectivity index is 1.62. The maximum atomic E-state index is 13.2. The van der Waals surface area contributed by atoms with Crippen molar-refractivity contribution >= 4 is 11.9 Å². The molecule has 0 bridgehead atoms. The van der Waals surface area contributed by atoms with Gasteiger partial charge in [0, 0.05) is 18.3 Å². The molecule has 7 heteroatoms. The first kappa shape index (κ1) is 18.1. The molecule has 1 atom stereocenters. The van der Waals surface area contributed by atoms with E-state index in [1.54, 1.807) is 17.0 Å². The molecule has 0 aliphatic carbocycles. The van der Waals surface area contributed by atoms with Crippen molar-refractivity contribution in [1.82, 2.24) is 14.9 Å². The maximum Gasteiger partial charge on any atom is 0.257 e. The third kappa shape index (κ3) is 3.70. The Kier molecular flexibility index (Phi) is 4.99. The fraction of sp³-hybridized carbons (Fsp3) is 0.190. The van der Waals surface area contributed by atoms with Crippen LogP contribution in [0.25, 0.3) is 11.3 Å². The zero-order valence-corrected chi connectivity index (χ0v) is 15.1. The summed E-state index contributed by atoms with van der Waals surface area (Å²) >= 11 is 0. The lowest BCUT2D eigenvalue weighted by Gasteiger charge is -2.33. The number of ether oxygens (including phenoxy) is 1. The number of carbonyl (C=O) groups is 1. The van der Waals surface area contributed by atoms with Crippen LogP contribution >= 0.6 is 0 Å². The molecular weight excluding hydrogens is 359 g/mol. The Hall–Kier alpha value is -3.32. The fourth-order valence-corrected chi connectivity index (χ4v) is 3.25. The van der Waals surface area contributed by atoms with Crippen LogP contribution < -0.4 is 5.73 Å².